The minimum Gasteiger partial charge on any atom is -0.437 e. The number of halogens is 2. The van der Waals surface area contributed by atoms with E-state index < -0.39 is 17.8 Å². The molecule has 4 rings (SSSR count). The van der Waals surface area contributed by atoms with Gasteiger partial charge in [0, 0.05) is 32.4 Å². The predicted molar refractivity (Wildman–Crippen MR) is 137 cm³/mol. The van der Waals surface area contributed by atoms with E-state index in [1.54, 1.807) is 11.0 Å². The summed E-state index contributed by atoms with van der Waals surface area (Å²) in [5.74, 6) is -1.17. The zero-order valence-corrected chi connectivity index (χ0v) is 21.2. The second kappa shape index (κ2) is 12.6. The van der Waals surface area contributed by atoms with Gasteiger partial charge in [-0.05, 0) is 42.9 Å². The zero-order chi connectivity index (χ0) is 26.2. The number of nitrogens with zero attached hydrogens (tertiary/aromatic N) is 3. The van der Waals surface area contributed by atoms with Gasteiger partial charge in [-0.3, -0.25) is 9.59 Å². The molecule has 1 atom stereocenters. The molecule has 2 amide bonds. The molecule has 10 heteroatoms. The Kier molecular flexibility index (Phi) is 9.05. The normalized spacial score (nSPS) is 14.7. The van der Waals surface area contributed by atoms with E-state index in [9.17, 15) is 14.0 Å². The van der Waals surface area contributed by atoms with Crippen molar-refractivity contribution in [1.82, 2.24) is 20.1 Å². The van der Waals surface area contributed by atoms with E-state index >= 15 is 0 Å². The summed E-state index contributed by atoms with van der Waals surface area (Å²) in [7, 11) is 2.00. The number of rotatable bonds is 9. The summed E-state index contributed by atoms with van der Waals surface area (Å²) >= 11 is 6.08. The van der Waals surface area contributed by atoms with Crippen molar-refractivity contribution in [2.45, 2.75) is 12.6 Å². The van der Waals surface area contributed by atoms with Crippen LogP contribution in [0.15, 0.2) is 66.9 Å². The van der Waals surface area contributed by atoms with Crippen LogP contribution in [0.5, 0.6) is 11.6 Å². The van der Waals surface area contributed by atoms with Gasteiger partial charge in [0.1, 0.15) is 23.2 Å². The first-order valence-electron chi connectivity index (χ1n) is 11.9. The van der Waals surface area contributed by atoms with Crippen LogP contribution in [0.3, 0.4) is 0 Å². The highest BCUT2D eigenvalue weighted by Gasteiger charge is 2.29. The average molecular weight is 527 g/mol. The highest BCUT2D eigenvalue weighted by Crippen LogP contribution is 2.30. The van der Waals surface area contributed by atoms with Gasteiger partial charge in [0.25, 0.3) is 5.91 Å². The fourth-order valence-corrected chi connectivity index (χ4v) is 4.04. The zero-order valence-electron chi connectivity index (χ0n) is 20.4. The summed E-state index contributed by atoms with van der Waals surface area (Å²) in [4.78, 5) is 34.7. The molecule has 1 aromatic heterocycles. The Hall–Kier alpha value is -3.53. The number of likely N-dealkylation sites (N-methyl/N-ethyl adjacent to an activating group) is 1. The monoisotopic (exact) mass is 526 g/mol. The molecule has 1 N–H and O–H groups in total. The molecule has 0 aliphatic carbocycles. The molecule has 1 saturated heterocycles. The summed E-state index contributed by atoms with van der Waals surface area (Å²) in [5, 5.41) is 2.83. The van der Waals surface area contributed by atoms with Crippen LogP contribution in [0, 0.1) is 5.82 Å². The number of carbonyl (C=O) groups excluding carboxylic acids is 2. The number of benzene rings is 2. The van der Waals surface area contributed by atoms with Crippen molar-refractivity contribution in [3.63, 3.8) is 0 Å². The Labute approximate surface area is 219 Å². The van der Waals surface area contributed by atoms with Gasteiger partial charge in [0.2, 0.25) is 11.8 Å². The summed E-state index contributed by atoms with van der Waals surface area (Å²) in [5.41, 5.74) is 1.06. The summed E-state index contributed by atoms with van der Waals surface area (Å²) in [6.07, 6.45) is 1.46. The van der Waals surface area contributed by atoms with E-state index in [2.05, 4.69) is 15.2 Å². The Bertz CT molecular complexity index is 1220. The number of piperazine rings is 1. The van der Waals surface area contributed by atoms with Crippen LogP contribution in [-0.2, 0) is 16.1 Å². The minimum atomic E-state index is -0.915. The predicted octanol–water partition coefficient (Wildman–Crippen LogP) is 3.76. The maximum Gasteiger partial charge on any atom is 0.257 e. The molecule has 0 saturated carbocycles. The van der Waals surface area contributed by atoms with E-state index in [1.807, 2.05) is 37.4 Å². The minimum absolute atomic E-state index is 0.00789. The molecule has 8 nitrogen and oxygen atoms in total. The molecular formula is C27H28ClFN4O4. The Morgan fingerprint density at radius 2 is 1.84 bits per heavy atom. The third-order valence-electron chi connectivity index (χ3n) is 5.93. The lowest BCUT2D eigenvalue weighted by Crippen LogP contribution is -2.55. The first-order chi connectivity index (χ1) is 17.9. The summed E-state index contributed by atoms with van der Waals surface area (Å²) < 4.78 is 25.0. The number of amides is 2. The van der Waals surface area contributed by atoms with Crippen LogP contribution in [0.4, 0.5) is 4.39 Å². The quantitative estimate of drug-likeness (QED) is 0.457. The molecule has 1 fully saturated rings. The fourth-order valence-electron chi connectivity index (χ4n) is 3.83. The van der Waals surface area contributed by atoms with Gasteiger partial charge >= 0.3 is 0 Å². The number of nitrogens with one attached hydrogen (secondary N) is 1. The van der Waals surface area contributed by atoms with Crippen molar-refractivity contribution in [3.8, 4) is 11.6 Å². The highest BCUT2D eigenvalue weighted by molar-refractivity contribution is 6.32. The molecule has 2 heterocycles. The van der Waals surface area contributed by atoms with Gasteiger partial charge in [-0.2, -0.15) is 0 Å². The van der Waals surface area contributed by atoms with Crippen molar-refractivity contribution in [2.75, 3.05) is 39.8 Å². The second-order valence-electron chi connectivity index (χ2n) is 8.69. The number of pyridine rings is 1. The Balaban J connectivity index is 1.49. The lowest BCUT2D eigenvalue weighted by molar-refractivity contribution is -0.136. The van der Waals surface area contributed by atoms with E-state index in [-0.39, 0.29) is 34.7 Å². The van der Waals surface area contributed by atoms with E-state index in [0.29, 0.717) is 19.7 Å². The third-order valence-corrected chi connectivity index (χ3v) is 6.23. The van der Waals surface area contributed by atoms with Crippen molar-refractivity contribution in [1.29, 1.82) is 0 Å². The maximum atomic E-state index is 13.4. The Morgan fingerprint density at radius 3 is 2.57 bits per heavy atom. The number of ether oxygens (including phenoxy) is 2. The molecule has 37 heavy (non-hydrogen) atoms. The van der Waals surface area contributed by atoms with E-state index in [1.165, 1.54) is 24.4 Å². The number of hydrogen-bond donors (Lipinski definition) is 1. The number of aromatic nitrogens is 1. The largest absolute Gasteiger partial charge is 0.437 e. The van der Waals surface area contributed by atoms with Crippen molar-refractivity contribution >= 4 is 23.4 Å². The molecule has 0 spiro atoms. The van der Waals surface area contributed by atoms with Crippen LogP contribution >= 0.6 is 11.6 Å². The van der Waals surface area contributed by atoms with Crippen LogP contribution in [-0.4, -0.2) is 72.5 Å². The average Bonchev–Trinajstić information content (AvgIpc) is 2.90. The van der Waals surface area contributed by atoms with Crippen molar-refractivity contribution < 1.29 is 23.5 Å². The SMILES string of the molecule is CN1CCN(C(=O)C(COCc2ccccc2)NC(=O)c2cccnc2Oc2ccc(F)cc2Cl)CC1. The molecular weight excluding hydrogens is 499 g/mol. The maximum absolute atomic E-state index is 13.4. The van der Waals surface area contributed by atoms with Crippen LogP contribution in [0.25, 0.3) is 0 Å². The molecule has 3 aromatic rings. The van der Waals surface area contributed by atoms with Gasteiger partial charge in [-0.25, -0.2) is 9.37 Å². The first-order valence-corrected chi connectivity index (χ1v) is 12.3. The topological polar surface area (TPSA) is 84.0 Å². The standard InChI is InChI=1S/C27H28ClFN4O4/c1-32-12-14-33(15-13-32)27(35)23(18-36-17-19-6-3-2-4-7-19)31-25(34)21-8-5-11-30-26(21)37-24-10-9-20(29)16-22(24)28/h2-11,16,23H,12-15,17-18H2,1H3,(H,31,34). The first kappa shape index (κ1) is 26.5. The summed E-state index contributed by atoms with van der Waals surface area (Å²) in [6, 6.07) is 15.4. The van der Waals surface area contributed by atoms with Crippen LogP contribution in [0.1, 0.15) is 15.9 Å². The smallest absolute Gasteiger partial charge is 0.257 e. The van der Waals surface area contributed by atoms with Gasteiger partial charge in [-0.15, -0.1) is 0 Å². The van der Waals surface area contributed by atoms with Gasteiger partial charge < -0.3 is 24.6 Å². The lowest BCUT2D eigenvalue weighted by atomic mass is 10.2. The molecule has 194 valence electrons. The molecule has 2 aromatic carbocycles. The second-order valence-corrected chi connectivity index (χ2v) is 9.10. The van der Waals surface area contributed by atoms with Gasteiger partial charge in [0.05, 0.1) is 18.2 Å². The van der Waals surface area contributed by atoms with E-state index in [4.69, 9.17) is 21.1 Å². The van der Waals surface area contributed by atoms with Crippen LogP contribution < -0.4 is 10.1 Å². The van der Waals surface area contributed by atoms with Gasteiger partial charge in [0.15, 0.2) is 0 Å². The highest BCUT2D eigenvalue weighted by atomic mass is 35.5. The number of carbonyl (C=O) groups is 2. The Morgan fingerprint density at radius 1 is 1.08 bits per heavy atom. The molecule has 0 radical (unpaired) electrons. The van der Waals surface area contributed by atoms with Crippen molar-refractivity contribution in [3.05, 3.63) is 88.8 Å². The van der Waals surface area contributed by atoms with Crippen LogP contribution in [0.2, 0.25) is 5.02 Å². The third kappa shape index (κ3) is 7.25. The number of hydrogen-bond acceptors (Lipinski definition) is 6. The van der Waals surface area contributed by atoms with E-state index in [0.717, 1.165) is 24.7 Å². The lowest BCUT2D eigenvalue weighted by Gasteiger charge is -2.34. The summed E-state index contributed by atoms with van der Waals surface area (Å²) in [6.45, 7) is 2.90. The molecule has 1 aliphatic rings. The molecule has 0 bridgehead atoms. The fraction of sp³-hybridized carbons (Fsp3) is 0.296. The van der Waals surface area contributed by atoms with Gasteiger partial charge in [-0.1, -0.05) is 41.9 Å². The molecule has 1 unspecified atom stereocenters. The molecule has 1 aliphatic heterocycles. The van der Waals surface area contributed by atoms with Crippen molar-refractivity contribution in [2.24, 2.45) is 0 Å².